The number of hydrogen-bond donors (Lipinski definition) is 1. The van der Waals surface area contributed by atoms with Crippen molar-refractivity contribution in [2.45, 2.75) is 50.7 Å². The van der Waals surface area contributed by atoms with Gasteiger partial charge in [-0.05, 0) is 44.8 Å². The van der Waals surface area contributed by atoms with Gasteiger partial charge < -0.3 is 15.5 Å². The fourth-order valence-electron chi connectivity index (χ4n) is 3.82. The van der Waals surface area contributed by atoms with Crippen LogP contribution < -0.4 is 10.6 Å². The van der Waals surface area contributed by atoms with Gasteiger partial charge in [-0.1, -0.05) is 11.8 Å². The van der Waals surface area contributed by atoms with Gasteiger partial charge in [-0.2, -0.15) is 0 Å². The Morgan fingerprint density at radius 2 is 1.96 bits per heavy atom. The first kappa shape index (κ1) is 17.3. The minimum Gasteiger partial charge on any atom is -0.383 e. The van der Waals surface area contributed by atoms with E-state index in [4.69, 9.17) is 5.73 Å². The lowest BCUT2D eigenvalue weighted by Crippen LogP contribution is -2.53. The standard InChI is InChI=1S/C17H27N5OS/c1-12(2)22-11-17(5-4-15(22)23)6-8-21(9-7-17)14-10-13(18)19-16(20-14)24-3/h10,12H,4-9,11H2,1-3H3,(H2,18,19,20). The molecule has 24 heavy (non-hydrogen) atoms. The summed E-state index contributed by atoms with van der Waals surface area (Å²) in [5, 5.41) is 0.722. The molecule has 1 aromatic heterocycles. The van der Waals surface area contributed by atoms with E-state index in [1.165, 1.54) is 11.8 Å². The van der Waals surface area contributed by atoms with E-state index >= 15 is 0 Å². The number of thioether (sulfide) groups is 1. The Labute approximate surface area is 148 Å². The number of carbonyl (C=O) groups excluding carboxylic acids is 1. The van der Waals surface area contributed by atoms with Crippen LogP contribution in [0.1, 0.15) is 39.5 Å². The molecule has 3 rings (SSSR count). The van der Waals surface area contributed by atoms with Crippen molar-refractivity contribution in [3.8, 4) is 0 Å². The quantitative estimate of drug-likeness (QED) is 0.667. The number of piperidine rings is 2. The van der Waals surface area contributed by atoms with Gasteiger partial charge in [0.15, 0.2) is 5.16 Å². The molecule has 2 saturated heterocycles. The van der Waals surface area contributed by atoms with Crippen molar-refractivity contribution in [3.63, 3.8) is 0 Å². The van der Waals surface area contributed by atoms with E-state index in [1.807, 2.05) is 12.3 Å². The van der Waals surface area contributed by atoms with Crippen LogP contribution in [0.3, 0.4) is 0 Å². The Balaban J connectivity index is 1.69. The molecular formula is C17H27N5OS. The summed E-state index contributed by atoms with van der Waals surface area (Å²) in [5.41, 5.74) is 6.18. The van der Waals surface area contributed by atoms with Crippen molar-refractivity contribution in [1.29, 1.82) is 0 Å². The maximum absolute atomic E-state index is 12.1. The van der Waals surface area contributed by atoms with Gasteiger partial charge in [0, 0.05) is 38.2 Å². The summed E-state index contributed by atoms with van der Waals surface area (Å²) in [6.45, 7) is 7.05. The average Bonchev–Trinajstić information content (AvgIpc) is 2.57. The Kier molecular flexibility index (Phi) is 4.90. The molecule has 1 amide bonds. The van der Waals surface area contributed by atoms with Crippen LogP contribution in [-0.4, -0.2) is 52.7 Å². The average molecular weight is 350 g/mol. The van der Waals surface area contributed by atoms with E-state index in [9.17, 15) is 4.79 Å². The first-order valence-corrected chi connectivity index (χ1v) is 9.88. The van der Waals surface area contributed by atoms with Gasteiger partial charge in [-0.15, -0.1) is 0 Å². The predicted octanol–water partition coefficient (Wildman–Crippen LogP) is 2.40. The molecule has 6 nitrogen and oxygen atoms in total. The second-order valence-electron chi connectivity index (χ2n) is 7.24. The van der Waals surface area contributed by atoms with Gasteiger partial charge >= 0.3 is 0 Å². The molecule has 0 radical (unpaired) electrons. The highest BCUT2D eigenvalue weighted by Crippen LogP contribution is 2.41. The van der Waals surface area contributed by atoms with Gasteiger partial charge in [-0.25, -0.2) is 9.97 Å². The Morgan fingerprint density at radius 3 is 2.58 bits per heavy atom. The first-order chi connectivity index (χ1) is 11.4. The summed E-state index contributed by atoms with van der Waals surface area (Å²) in [4.78, 5) is 25.3. The second kappa shape index (κ2) is 6.78. The zero-order valence-electron chi connectivity index (χ0n) is 14.8. The first-order valence-electron chi connectivity index (χ1n) is 8.65. The topological polar surface area (TPSA) is 75.3 Å². The van der Waals surface area contributed by atoms with Crippen molar-refractivity contribution in [2.75, 3.05) is 36.5 Å². The monoisotopic (exact) mass is 349 g/mol. The van der Waals surface area contributed by atoms with Crippen molar-refractivity contribution in [1.82, 2.24) is 14.9 Å². The number of nitrogens with two attached hydrogens (primary N) is 1. The molecular weight excluding hydrogens is 322 g/mol. The zero-order chi connectivity index (χ0) is 17.3. The van der Waals surface area contributed by atoms with Gasteiger partial charge in [0.05, 0.1) is 0 Å². The largest absolute Gasteiger partial charge is 0.383 e. The lowest BCUT2D eigenvalue weighted by Gasteiger charge is -2.48. The summed E-state index contributed by atoms with van der Waals surface area (Å²) in [5.74, 6) is 1.76. The predicted molar refractivity (Wildman–Crippen MR) is 98.2 cm³/mol. The van der Waals surface area contributed by atoms with E-state index in [1.54, 1.807) is 0 Å². The third-order valence-corrected chi connectivity index (χ3v) is 5.91. The van der Waals surface area contributed by atoms with Gasteiger partial charge in [0.2, 0.25) is 5.91 Å². The van der Waals surface area contributed by atoms with Crippen LogP contribution in [0.15, 0.2) is 11.2 Å². The second-order valence-corrected chi connectivity index (χ2v) is 8.01. The van der Waals surface area contributed by atoms with E-state index in [2.05, 4.69) is 33.6 Å². The van der Waals surface area contributed by atoms with Gasteiger partial charge in [0.1, 0.15) is 11.6 Å². The number of anilines is 2. The molecule has 0 aliphatic carbocycles. The summed E-state index contributed by atoms with van der Waals surface area (Å²) in [6, 6.07) is 2.15. The summed E-state index contributed by atoms with van der Waals surface area (Å²) in [6.07, 6.45) is 5.87. The Hall–Kier alpha value is -1.50. The normalized spacial score (nSPS) is 20.9. The highest BCUT2D eigenvalue weighted by Gasteiger charge is 2.41. The highest BCUT2D eigenvalue weighted by atomic mass is 32.2. The van der Waals surface area contributed by atoms with Crippen molar-refractivity contribution in [2.24, 2.45) is 5.41 Å². The maximum Gasteiger partial charge on any atom is 0.222 e. The lowest BCUT2D eigenvalue weighted by molar-refractivity contribution is -0.140. The van der Waals surface area contributed by atoms with E-state index in [0.29, 0.717) is 24.2 Å². The maximum atomic E-state index is 12.1. The number of nitrogen functional groups attached to an aromatic ring is 1. The minimum absolute atomic E-state index is 0.273. The highest BCUT2D eigenvalue weighted by molar-refractivity contribution is 7.98. The van der Waals surface area contributed by atoms with Crippen LogP contribution in [-0.2, 0) is 4.79 Å². The molecule has 0 saturated carbocycles. The fourth-order valence-corrected chi connectivity index (χ4v) is 4.20. The zero-order valence-corrected chi connectivity index (χ0v) is 15.6. The SMILES string of the molecule is CSc1nc(N)cc(N2CCC3(CCC(=O)N(C(C)C)C3)CC2)n1. The molecule has 0 atom stereocenters. The molecule has 1 aromatic rings. The summed E-state index contributed by atoms with van der Waals surface area (Å²) < 4.78 is 0. The number of rotatable bonds is 3. The number of likely N-dealkylation sites (tertiary alicyclic amines) is 1. The number of aromatic nitrogens is 2. The molecule has 0 bridgehead atoms. The van der Waals surface area contributed by atoms with Crippen LogP contribution in [0.4, 0.5) is 11.6 Å². The molecule has 2 aliphatic rings. The van der Waals surface area contributed by atoms with Gasteiger partial charge in [-0.3, -0.25) is 4.79 Å². The van der Waals surface area contributed by atoms with Crippen LogP contribution in [0.25, 0.3) is 0 Å². The van der Waals surface area contributed by atoms with E-state index in [-0.39, 0.29) is 5.41 Å². The smallest absolute Gasteiger partial charge is 0.222 e. The Bertz CT molecular complexity index is 613. The van der Waals surface area contributed by atoms with Crippen LogP contribution in [0.5, 0.6) is 0 Å². The Morgan fingerprint density at radius 1 is 1.25 bits per heavy atom. The molecule has 2 N–H and O–H groups in total. The van der Waals surface area contributed by atoms with Crippen molar-refractivity contribution in [3.05, 3.63) is 6.07 Å². The summed E-state index contributed by atoms with van der Waals surface area (Å²) >= 11 is 1.51. The fraction of sp³-hybridized carbons (Fsp3) is 0.706. The summed E-state index contributed by atoms with van der Waals surface area (Å²) in [7, 11) is 0. The molecule has 7 heteroatoms. The van der Waals surface area contributed by atoms with Crippen molar-refractivity contribution >= 4 is 29.3 Å². The van der Waals surface area contributed by atoms with Crippen LogP contribution in [0, 0.1) is 5.41 Å². The van der Waals surface area contributed by atoms with E-state index < -0.39 is 0 Å². The molecule has 3 heterocycles. The minimum atomic E-state index is 0.273. The van der Waals surface area contributed by atoms with Crippen LogP contribution >= 0.6 is 11.8 Å². The molecule has 0 unspecified atom stereocenters. The molecule has 2 fully saturated rings. The van der Waals surface area contributed by atoms with Crippen molar-refractivity contribution < 1.29 is 4.79 Å². The van der Waals surface area contributed by atoms with Gasteiger partial charge in [0.25, 0.3) is 0 Å². The third kappa shape index (κ3) is 3.45. The number of carbonyl (C=O) groups is 1. The molecule has 0 aromatic carbocycles. The third-order valence-electron chi connectivity index (χ3n) is 5.36. The number of nitrogens with zero attached hydrogens (tertiary/aromatic N) is 4. The molecule has 132 valence electrons. The van der Waals surface area contributed by atoms with E-state index in [0.717, 1.165) is 49.9 Å². The number of hydrogen-bond acceptors (Lipinski definition) is 6. The molecule has 2 aliphatic heterocycles. The molecule has 1 spiro atoms. The number of amides is 1. The lowest BCUT2D eigenvalue weighted by atomic mass is 9.72. The van der Waals surface area contributed by atoms with Crippen LogP contribution in [0.2, 0.25) is 0 Å².